The van der Waals surface area contributed by atoms with Crippen molar-refractivity contribution in [3.05, 3.63) is 89.3 Å². The third-order valence-corrected chi connectivity index (χ3v) is 4.09. The highest BCUT2D eigenvalue weighted by atomic mass is 16.2. The third-order valence-electron chi connectivity index (χ3n) is 4.09. The van der Waals surface area contributed by atoms with Crippen LogP contribution < -0.4 is 0 Å². The van der Waals surface area contributed by atoms with E-state index in [9.17, 15) is 4.79 Å². The van der Waals surface area contributed by atoms with Gasteiger partial charge in [-0.2, -0.15) is 0 Å². The molecule has 0 spiro atoms. The van der Waals surface area contributed by atoms with Crippen LogP contribution in [0.4, 0.5) is 5.69 Å². The Morgan fingerprint density at radius 3 is 2.73 bits per heavy atom. The Bertz CT molecular complexity index is 759. The molecule has 1 aliphatic heterocycles. The molecule has 3 heteroatoms. The van der Waals surface area contributed by atoms with Gasteiger partial charge in [-0.3, -0.25) is 4.79 Å². The van der Waals surface area contributed by atoms with E-state index in [0.29, 0.717) is 18.8 Å². The van der Waals surface area contributed by atoms with E-state index >= 15 is 0 Å². The summed E-state index contributed by atoms with van der Waals surface area (Å²) in [5.74, 6) is 0.0383. The van der Waals surface area contributed by atoms with Gasteiger partial charge in [0.1, 0.15) is 0 Å². The van der Waals surface area contributed by atoms with E-state index in [1.54, 1.807) is 0 Å². The maximum Gasteiger partial charge on any atom is 0.246 e. The molecular formula is C19H16N2O. The minimum atomic E-state index is -0.0548. The molecule has 0 unspecified atom stereocenters. The largest absolute Gasteiger partial charge is 0.334 e. The molecule has 1 aliphatic rings. The molecule has 108 valence electrons. The van der Waals surface area contributed by atoms with Crippen molar-refractivity contribution in [2.75, 3.05) is 6.54 Å². The molecule has 3 rings (SSSR count). The first-order valence-corrected chi connectivity index (χ1v) is 7.19. The zero-order valence-corrected chi connectivity index (χ0v) is 12.2. The normalized spacial score (nSPS) is 16.5. The summed E-state index contributed by atoms with van der Waals surface area (Å²) < 4.78 is 0. The first kappa shape index (κ1) is 14.1. The van der Waals surface area contributed by atoms with Crippen LogP contribution in [-0.2, 0) is 11.3 Å². The highest BCUT2D eigenvalue weighted by Gasteiger charge is 2.28. The third kappa shape index (κ3) is 2.51. The van der Waals surface area contributed by atoms with E-state index < -0.39 is 0 Å². The van der Waals surface area contributed by atoms with E-state index in [1.807, 2.05) is 41.3 Å². The zero-order valence-electron chi connectivity index (χ0n) is 12.2. The highest BCUT2D eigenvalue weighted by molar-refractivity contribution is 5.87. The van der Waals surface area contributed by atoms with E-state index in [2.05, 4.69) is 23.6 Å². The van der Waals surface area contributed by atoms with Crippen LogP contribution in [0.2, 0.25) is 0 Å². The SMILES string of the molecule is [C-]#[N+]c1ccc2c(c1)[C@H](c1ccccc1)CN(C(=O)C=C)C2. The number of rotatable bonds is 2. The molecule has 2 aromatic rings. The van der Waals surface area contributed by atoms with Crippen LogP contribution in [0.25, 0.3) is 4.85 Å². The topological polar surface area (TPSA) is 24.7 Å². The highest BCUT2D eigenvalue weighted by Crippen LogP contribution is 2.35. The predicted octanol–water partition coefficient (Wildman–Crippen LogP) is 3.90. The molecule has 0 bridgehead atoms. The molecule has 3 nitrogen and oxygen atoms in total. The maximum absolute atomic E-state index is 12.0. The number of carbonyl (C=O) groups is 1. The van der Waals surface area contributed by atoms with Crippen LogP contribution in [0, 0.1) is 6.57 Å². The molecule has 2 aromatic carbocycles. The molecule has 1 amide bonds. The molecule has 0 saturated carbocycles. The van der Waals surface area contributed by atoms with Gasteiger partial charge in [0.15, 0.2) is 5.69 Å². The number of hydrogen-bond acceptors (Lipinski definition) is 1. The van der Waals surface area contributed by atoms with Gasteiger partial charge in [-0.1, -0.05) is 55.1 Å². The second-order valence-corrected chi connectivity index (χ2v) is 5.38. The van der Waals surface area contributed by atoms with Gasteiger partial charge in [-0.15, -0.1) is 0 Å². The Hall–Kier alpha value is -2.86. The van der Waals surface area contributed by atoms with Gasteiger partial charge in [0.05, 0.1) is 6.57 Å². The minimum Gasteiger partial charge on any atom is -0.334 e. The molecule has 0 N–H and O–H groups in total. The van der Waals surface area contributed by atoms with E-state index in [-0.39, 0.29) is 11.8 Å². The van der Waals surface area contributed by atoms with Crippen molar-refractivity contribution in [3.63, 3.8) is 0 Å². The first-order valence-electron chi connectivity index (χ1n) is 7.19. The number of carbonyl (C=O) groups excluding carboxylic acids is 1. The summed E-state index contributed by atoms with van der Waals surface area (Å²) in [6.07, 6.45) is 1.36. The standard InChI is InChI=1S/C19H16N2O/c1-3-19(22)21-12-15-9-10-16(20-2)11-17(15)18(13-21)14-7-5-4-6-8-14/h3-11,18H,1,12-13H2/t18-/m0/s1. The van der Waals surface area contributed by atoms with Crippen molar-refractivity contribution < 1.29 is 4.79 Å². The number of benzene rings is 2. The van der Waals surface area contributed by atoms with Crippen LogP contribution in [-0.4, -0.2) is 17.4 Å². The fourth-order valence-corrected chi connectivity index (χ4v) is 2.98. The van der Waals surface area contributed by atoms with Crippen molar-refractivity contribution in [3.8, 4) is 0 Å². The molecule has 0 fully saturated rings. The lowest BCUT2D eigenvalue weighted by atomic mass is 9.84. The van der Waals surface area contributed by atoms with Crippen LogP contribution in [0.15, 0.2) is 61.2 Å². The smallest absolute Gasteiger partial charge is 0.246 e. The van der Waals surface area contributed by atoms with E-state index in [4.69, 9.17) is 6.57 Å². The summed E-state index contributed by atoms with van der Waals surface area (Å²) in [6, 6.07) is 15.9. The Morgan fingerprint density at radius 1 is 1.27 bits per heavy atom. The number of fused-ring (bicyclic) bond motifs is 1. The van der Waals surface area contributed by atoms with Crippen LogP contribution in [0.3, 0.4) is 0 Å². The summed E-state index contributed by atoms with van der Waals surface area (Å²) in [7, 11) is 0. The summed E-state index contributed by atoms with van der Waals surface area (Å²) in [6.45, 7) is 12.0. The Labute approximate surface area is 130 Å². The lowest BCUT2D eigenvalue weighted by Crippen LogP contribution is -2.37. The van der Waals surface area contributed by atoms with Gasteiger partial charge in [-0.25, -0.2) is 4.85 Å². The van der Waals surface area contributed by atoms with Gasteiger partial charge in [0.2, 0.25) is 5.91 Å². The molecule has 0 radical (unpaired) electrons. The number of nitrogens with zero attached hydrogens (tertiary/aromatic N) is 2. The predicted molar refractivity (Wildman–Crippen MR) is 86.6 cm³/mol. The zero-order chi connectivity index (χ0) is 15.5. The lowest BCUT2D eigenvalue weighted by Gasteiger charge is -2.34. The lowest BCUT2D eigenvalue weighted by molar-refractivity contribution is -0.127. The van der Waals surface area contributed by atoms with Crippen molar-refractivity contribution in [1.29, 1.82) is 0 Å². The van der Waals surface area contributed by atoms with Crippen LogP contribution in [0.1, 0.15) is 22.6 Å². The first-order chi connectivity index (χ1) is 10.7. The van der Waals surface area contributed by atoms with Crippen molar-refractivity contribution in [2.45, 2.75) is 12.5 Å². The summed E-state index contributed by atoms with van der Waals surface area (Å²) >= 11 is 0. The number of hydrogen-bond donors (Lipinski definition) is 0. The molecule has 22 heavy (non-hydrogen) atoms. The summed E-state index contributed by atoms with van der Waals surface area (Å²) in [5.41, 5.74) is 4.05. The monoisotopic (exact) mass is 288 g/mol. The molecule has 0 saturated heterocycles. The van der Waals surface area contributed by atoms with Crippen LogP contribution >= 0.6 is 0 Å². The molecule has 1 heterocycles. The van der Waals surface area contributed by atoms with Gasteiger partial charge < -0.3 is 4.90 Å². The van der Waals surface area contributed by atoms with Crippen molar-refractivity contribution >= 4 is 11.6 Å². The Balaban J connectivity index is 2.09. The fraction of sp³-hybridized carbons (Fsp3) is 0.158. The Morgan fingerprint density at radius 2 is 2.05 bits per heavy atom. The van der Waals surface area contributed by atoms with Gasteiger partial charge in [-0.05, 0) is 22.8 Å². The minimum absolute atomic E-state index is 0.0548. The molecular weight excluding hydrogens is 272 g/mol. The molecule has 0 aliphatic carbocycles. The second-order valence-electron chi connectivity index (χ2n) is 5.38. The van der Waals surface area contributed by atoms with Gasteiger partial charge in [0.25, 0.3) is 0 Å². The fourth-order valence-electron chi connectivity index (χ4n) is 2.98. The van der Waals surface area contributed by atoms with Crippen molar-refractivity contribution in [1.82, 2.24) is 4.90 Å². The summed E-state index contributed by atoms with van der Waals surface area (Å²) in [4.78, 5) is 17.4. The van der Waals surface area contributed by atoms with E-state index in [1.165, 1.54) is 6.08 Å². The van der Waals surface area contributed by atoms with Gasteiger partial charge >= 0.3 is 0 Å². The van der Waals surface area contributed by atoms with Gasteiger partial charge in [0, 0.05) is 19.0 Å². The molecule has 0 aromatic heterocycles. The number of amides is 1. The maximum atomic E-state index is 12.0. The average Bonchev–Trinajstić information content (AvgIpc) is 2.60. The quantitative estimate of drug-likeness (QED) is 0.607. The Kier molecular flexibility index (Phi) is 3.76. The van der Waals surface area contributed by atoms with Crippen molar-refractivity contribution in [2.24, 2.45) is 0 Å². The molecule has 1 atom stereocenters. The van der Waals surface area contributed by atoms with Crippen LogP contribution in [0.5, 0.6) is 0 Å². The van der Waals surface area contributed by atoms with E-state index in [0.717, 1.165) is 16.7 Å². The summed E-state index contributed by atoms with van der Waals surface area (Å²) in [5, 5.41) is 0. The second kappa shape index (κ2) is 5.87. The average molecular weight is 288 g/mol.